The van der Waals surface area contributed by atoms with Gasteiger partial charge in [-0.1, -0.05) is 19.3 Å². The Labute approximate surface area is 237 Å². The zero-order valence-corrected chi connectivity index (χ0v) is 23.4. The van der Waals surface area contributed by atoms with Crippen LogP contribution in [0.3, 0.4) is 0 Å². The average molecular weight is 571 g/mol. The highest BCUT2D eigenvalue weighted by atomic mass is 19.2. The quantitative estimate of drug-likeness (QED) is 0.341. The molecule has 9 nitrogen and oxygen atoms in total. The number of imidazole rings is 1. The van der Waals surface area contributed by atoms with Crippen LogP contribution in [0.15, 0.2) is 24.3 Å². The van der Waals surface area contributed by atoms with Crippen LogP contribution in [-0.2, 0) is 9.59 Å². The lowest BCUT2D eigenvalue weighted by atomic mass is 9.82. The van der Waals surface area contributed by atoms with E-state index in [0.29, 0.717) is 35.6 Å². The van der Waals surface area contributed by atoms with E-state index in [0.717, 1.165) is 57.1 Å². The van der Waals surface area contributed by atoms with Crippen LogP contribution in [0.25, 0.3) is 22.4 Å². The van der Waals surface area contributed by atoms with Gasteiger partial charge < -0.3 is 24.5 Å². The van der Waals surface area contributed by atoms with Crippen LogP contribution < -0.4 is 14.8 Å². The zero-order chi connectivity index (χ0) is 29.1. The Bertz CT molecular complexity index is 1410. The molecule has 220 valence electrons. The Hall–Kier alpha value is -3.76. The van der Waals surface area contributed by atoms with Gasteiger partial charge in [-0.2, -0.15) is 4.98 Å². The topological polar surface area (TPSA) is 116 Å². The number of carboxylic acids is 1. The normalized spacial score (nSPS) is 20.5. The highest BCUT2D eigenvalue weighted by Crippen LogP contribution is 2.41. The fourth-order valence-corrected chi connectivity index (χ4v) is 6.46. The van der Waals surface area contributed by atoms with E-state index in [1.807, 2.05) is 0 Å². The number of methoxy groups -OCH3 is 2. The van der Waals surface area contributed by atoms with E-state index < -0.39 is 23.6 Å². The molecule has 41 heavy (non-hydrogen) atoms. The molecule has 2 saturated carbocycles. The third-order valence-corrected chi connectivity index (χ3v) is 8.51. The average Bonchev–Trinajstić information content (AvgIpc) is 3.31. The van der Waals surface area contributed by atoms with Crippen molar-refractivity contribution < 1.29 is 33.0 Å². The Morgan fingerprint density at radius 2 is 1.71 bits per heavy atom. The number of rotatable bonds is 9. The molecule has 2 aliphatic carbocycles. The number of carboxylic acid groups (broad SMARTS) is 1. The summed E-state index contributed by atoms with van der Waals surface area (Å²) in [5.74, 6) is -2.14. The van der Waals surface area contributed by atoms with Gasteiger partial charge in [0.15, 0.2) is 11.6 Å². The van der Waals surface area contributed by atoms with Gasteiger partial charge in [-0.15, -0.1) is 0 Å². The van der Waals surface area contributed by atoms with Crippen LogP contribution in [0.5, 0.6) is 11.8 Å². The number of nitrogens with one attached hydrogen (secondary N) is 1. The van der Waals surface area contributed by atoms with E-state index in [1.165, 1.54) is 14.2 Å². The maximum absolute atomic E-state index is 14.7. The molecule has 0 radical (unpaired) electrons. The van der Waals surface area contributed by atoms with Crippen molar-refractivity contribution in [3.8, 4) is 23.1 Å². The van der Waals surface area contributed by atoms with Crippen molar-refractivity contribution in [2.45, 2.75) is 76.3 Å². The number of nitrogens with zero attached hydrogens (tertiary/aromatic N) is 3. The third-order valence-electron chi connectivity index (χ3n) is 8.51. The van der Waals surface area contributed by atoms with Crippen molar-refractivity contribution in [1.82, 2.24) is 19.9 Å². The highest BCUT2D eigenvalue weighted by Gasteiger charge is 2.37. The van der Waals surface area contributed by atoms with Crippen molar-refractivity contribution >= 4 is 22.9 Å². The molecule has 1 amide bonds. The molecular formula is C30H36F2N4O5. The van der Waals surface area contributed by atoms with E-state index in [9.17, 15) is 18.4 Å². The minimum atomic E-state index is -1.02. The van der Waals surface area contributed by atoms with E-state index in [1.54, 1.807) is 16.7 Å². The van der Waals surface area contributed by atoms with Crippen molar-refractivity contribution in [2.24, 2.45) is 11.8 Å². The molecule has 0 bridgehead atoms. The summed E-state index contributed by atoms with van der Waals surface area (Å²) < 4.78 is 41.6. The Balaban J connectivity index is 1.58. The van der Waals surface area contributed by atoms with Crippen LogP contribution in [-0.4, -0.2) is 51.8 Å². The molecule has 0 unspecified atom stereocenters. The summed E-state index contributed by atoms with van der Waals surface area (Å²) in [7, 11) is 2.95. The predicted octanol–water partition coefficient (Wildman–Crippen LogP) is 5.66. The maximum Gasteiger partial charge on any atom is 0.303 e. The van der Waals surface area contributed by atoms with Gasteiger partial charge in [0.1, 0.15) is 11.9 Å². The number of ether oxygens (including phenoxy) is 2. The molecule has 2 N–H and O–H groups in total. The van der Waals surface area contributed by atoms with E-state index >= 15 is 0 Å². The molecule has 2 heterocycles. The van der Waals surface area contributed by atoms with E-state index in [4.69, 9.17) is 19.6 Å². The number of carbonyl (C=O) groups excluding carboxylic acids is 1. The molecule has 1 atom stereocenters. The first-order chi connectivity index (χ1) is 19.8. The largest absolute Gasteiger partial charge is 0.481 e. The van der Waals surface area contributed by atoms with Gasteiger partial charge >= 0.3 is 5.97 Å². The summed E-state index contributed by atoms with van der Waals surface area (Å²) in [4.78, 5) is 34.4. The molecule has 3 aromatic rings. The fraction of sp³-hybridized carbons (Fsp3) is 0.533. The third kappa shape index (κ3) is 6.13. The monoisotopic (exact) mass is 570 g/mol. The summed E-state index contributed by atoms with van der Waals surface area (Å²) in [5, 5.41) is 12.4. The Morgan fingerprint density at radius 3 is 2.37 bits per heavy atom. The molecule has 0 saturated heterocycles. The molecule has 2 aromatic heterocycles. The van der Waals surface area contributed by atoms with Crippen LogP contribution in [0.2, 0.25) is 0 Å². The van der Waals surface area contributed by atoms with Gasteiger partial charge in [-0.25, -0.2) is 13.8 Å². The second kappa shape index (κ2) is 12.4. The van der Waals surface area contributed by atoms with Crippen LogP contribution in [0.1, 0.15) is 70.3 Å². The van der Waals surface area contributed by atoms with Crippen molar-refractivity contribution in [3.63, 3.8) is 0 Å². The summed E-state index contributed by atoms with van der Waals surface area (Å²) in [6.07, 6.45) is 7.59. The first-order valence-corrected chi connectivity index (χ1v) is 14.3. The second-order valence-electron chi connectivity index (χ2n) is 11.1. The summed E-state index contributed by atoms with van der Waals surface area (Å²) >= 11 is 0. The summed E-state index contributed by atoms with van der Waals surface area (Å²) in [6, 6.07) is 4.69. The van der Waals surface area contributed by atoms with Crippen LogP contribution in [0, 0.1) is 23.5 Å². The standard InChI is InChI=1S/C30H36F2N4O5/c1-40-25-13-12-20(30(35-25)41-2)28-34-23-15-21(31)22(32)16-24(23)36(28)27(18-6-4-3-5-7-18)29(39)33-19-10-8-17(9-11-19)14-26(37)38/h12-13,15-19,27H,3-11,14H2,1-2H3,(H,33,39)(H,37,38)/t17?,19?,27-/m0/s1. The second-order valence-corrected chi connectivity index (χ2v) is 11.1. The number of halogens is 2. The van der Waals surface area contributed by atoms with Crippen molar-refractivity contribution in [2.75, 3.05) is 14.2 Å². The Morgan fingerprint density at radius 1 is 1.00 bits per heavy atom. The first-order valence-electron chi connectivity index (χ1n) is 14.3. The number of benzene rings is 1. The number of carbonyl (C=O) groups is 2. The number of pyridine rings is 1. The van der Waals surface area contributed by atoms with Gasteiger partial charge in [-0.3, -0.25) is 9.59 Å². The number of fused-ring (bicyclic) bond motifs is 1. The number of aliphatic carboxylic acids is 1. The summed E-state index contributed by atoms with van der Waals surface area (Å²) in [6.45, 7) is 0. The molecule has 5 rings (SSSR count). The number of hydrogen-bond donors (Lipinski definition) is 2. The maximum atomic E-state index is 14.7. The number of amides is 1. The predicted molar refractivity (Wildman–Crippen MR) is 148 cm³/mol. The van der Waals surface area contributed by atoms with Crippen LogP contribution in [0.4, 0.5) is 8.78 Å². The fourth-order valence-electron chi connectivity index (χ4n) is 6.46. The summed E-state index contributed by atoms with van der Waals surface area (Å²) in [5.41, 5.74) is 1.00. The Kier molecular flexibility index (Phi) is 8.70. The number of aromatic nitrogens is 3. The minimum absolute atomic E-state index is 0.0476. The van der Waals surface area contributed by atoms with E-state index in [2.05, 4.69) is 10.3 Å². The molecular weight excluding hydrogens is 534 g/mol. The van der Waals surface area contributed by atoms with Gasteiger partial charge in [0, 0.05) is 30.7 Å². The van der Waals surface area contributed by atoms with Crippen molar-refractivity contribution in [1.29, 1.82) is 0 Å². The zero-order valence-electron chi connectivity index (χ0n) is 23.4. The molecule has 0 spiro atoms. The lowest BCUT2D eigenvalue weighted by Crippen LogP contribution is -2.44. The smallest absolute Gasteiger partial charge is 0.303 e. The molecule has 2 fully saturated rings. The minimum Gasteiger partial charge on any atom is -0.481 e. The van der Waals surface area contributed by atoms with Crippen molar-refractivity contribution in [3.05, 3.63) is 35.9 Å². The van der Waals surface area contributed by atoms with E-state index in [-0.39, 0.29) is 41.6 Å². The van der Waals surface area contributed by atoms with Crippen LogP contribution >= 0.6 is 0 Å². The number of hydrogen-bond acceptors (Lipinski definition) is 6. The molecule has 11 heteroatoms. The molecule has 2 aliphatic rings. The molecule has 1 aromatic carbocycles. The molecule has 0 aliphatic heterocycles. The first kappa shape index (κ1) is 28.8. The van der Waals surface area contributed by atoms with Gasteiger partial charge in [-0.05, 0) is 56.4 Å². The SMILES string of the molecule is COc1ccc(-c2nc3cc(F)c(F)cc3n2[C@H](C(=O)NC2CCC(CC(=O)O)CC2)C2CCCCC2)c(OC)n1. The van der Waals surface area contributed by atoms with Gasteiger partial charge in [0.05, 0.1) is 30.8 Å². The lowest BCUT2D eigenvalue weighted by molar-refractivity contribution is -0.138. The lowest BCUT2D eigenvalue weighted by Gasteiger charge is -2.34. The van der Waals surface area contributed by atoms with Gasteiger partial charge in [0.25, 0.3) is 0 Å². The van der Waals surface area contributed by atoms with Gasteiger partial charge in [0.2, 0.25) is 17.7 Å². The highest BCUT2D eigenvalue weighted by molar-refractivity contribution is 5.88.